The predicted octanol–water partition coefficient (Wildman–Crippen LogP) is 3.56. The van der Waals surface area contributed by atoms with Crippen molar-refractivity contribution in [3.05, 3.63) is 65.0 Å². The van der Waals surface area contributed by atoms with E-state index in [1.807, 2.05) is 18.2 Å². The van der Waals surface area contributed by atoms with Crippen molar-refractivity contribution in [3.8, 4) is 12.1 Å². The molecule has 2 fully saturated rings. The molecule has 0 saturated carbocycles. The van der Waals surface area contributed by atoms with E-state index in [9.17, 15) is 17.6 Å². The first-order valence-electron chi connectivity index (χ1n) is 11.2. The molecule has 2 aromatic carbocycles. The Morgan fingerprint density at radius 1 is 1.11 bits per heavy atom. The summed E-state index contributed by atoms with van der Waals surface area (Å²) in [5.41, 5.74) is 2.44. The highest BCUT2D eigenvalue weighted by atomic mass is 19.4. The van der Waals surface area contributed by atoms with Gasteiger partial charge in [0, 0.05) is 43.7 Å². The van der Waals surface area contributed by atoms with Gasteiger partial charge in [0.25, 0.3) is 0 Å². The second kappa shape index (κ2) is 12.0. The summed E-state index contributed by atoms with van der Waals surface area (Å²) in [6, 6.07) is 15.9. The molecule has 0 atom stereocenters. The summed E-state index contributed by atoms with van der Waals surface area (Å²) in [4.78, 5) is 11.0. The number of carboxylic acid groups (broad SMARTS) is 1. The predicted molar refractivity (Wildman–Crippen MR) is 123 cm³/mol. The van der Waals surface area contributed by atoms with Crippen LogP contribution in [0, 0.1) is 33.9 Å². The van der Waals surface area contributed by atoms with Crippen molar-refractivity contribution in [1.29, 1.82) is 10.5 Å². The van der Waals surface area contributed by atoms with Crippen LogP contribution in [-0.2, 0) is 20.8 Å². The van der Waals surface area contributed by atoms with Crippen molar-refractivity contribution in [2.75, 3.05) is 37.7 Å². The van der Waals surface area contributed by atoms with Crippen LogP contribution in [-0.4, -0.2) is 56.4 Å². The maximum Gasteiger partial charge on any atom is 0.490 e. The van der Waals surface area contributed by atoms with Crippen molar-refractivity contribution in [2.45, 2.75) is 25.4 Å². The Hall–Kier alpha value is -3.71. The van der Waals surface area contributed by atoms with Gasteiger partial charge in [0.15, 0.2) is 6.29 Å². The van der Waals surface area contributed by atoms with Gasteiger partial charge in [0.2, 0.25) is 0 Å². The molecule has 2 aromatic rings. The zero-order chi connectivity index (χ0) is 27.1. The molecule has 2 N–H and O–H groups in total. The molecule has 2 aliphatic heterocycles. The van der Waals surface area contributed by atoms with E-state index in [1.54, 1.807) is 18.2 Å². The highest BCUT2D eigenvalue weighted by Crippen LogP contribution is 2.30. The lowest BCUT2D eigenvalue weighted by Crippen LogP contribution is -2.61. The SMILES string of the molecule is N#Cc1ccc(N(CCC2OCC3(CNC3)CO2)Cc2ccc(C#N)c(F)c2)cc1.O=C(O)C(F)(F)F. The number of carboxylic acids is 1. The first-order valence-corrected chi connectivity index (χ1v) is 11.2. The second-order valence-electron chi connectivity index (χ2n) is 8.75. The standard InChI is InChI=1S/C23H23FN4O2.C2HF3O2/c24-21-9-18(1-4-19(21)11-26)12-28(20-5-2-17(10-25)3-6-20)8-7-22-29-15-23(16-30-22)13-27-14-23;3-2(4,5)1(6)7/h1-6,9,22,27H,7-8,12-16H2;(H,6,7). The summed E-state index contributed by atoms with van der Waals surface area (Å²) >= 11 is 0. The van der Waals surface area contributed by atoms with E-state index in [0.717, 1.165) is 24.3 Å². The second-order valence-corrected chi connectivity index (χ2v) is 8.75. The average Bonchev–Trinajstić information content (AvgIpc) is 2.86. The summed E-state index contributed by atoms with van der Waals surface area (Å²) in [7, 11) is 0. The Morgan fingerprint density at radius 3 is 2.19 bits per heavy atom. The molecule has 1 spiro atoms. The van der Waals surface area contributed by atoms with E-state index in [4.69, 9.17) is 29.9 Å². The first kappa shape index (κ1) is 27.9. The Kier molecular flexibility index (Phi) is 9.05. The van der Waals surface area contributed by atoms with E-state index in [-0.39, 0.29) is 17.3 Å². The van der Waals surface area contributed by atoms with Crippen molar-refractivity contribution >= 4 is 11.7 Å². The topological polar surface area (TPSA) is 119 Å². The number of hydrogen-bond acceptors (Lipinski definition) is 7. The van der Waals surface area contributed by atoms with Gasteiger partial charge in [0.1, 0.15) is 11.9 Å². The maximum atomic E-state index is 14.1. The number of nitrogens with one attached hydrogen (secondary N) is 1. The zero-order valence-corrected chi connectivity index (χ0v) is 19.6. The van der Waals surface area contributed by atoms with Crippen LogP contribution < -0.4 is 10.2 Å². The number of rotatable bonds is 6. The minimum absolute atomic E-state index is 0.0343. The van der Waals surface area contributed by atoms with Crippen LogP contribution in [0.1, 0.15) is 23.1 Å². The van der Waals surface area contributed by atoms with E-state index in [0.29, 0.717) is 38.3 Å². The summed E-state index contributed by atoms with van der Waals surface area (Å²) in [6.07, 6.45) is -4.68. The van der Waals surface area contributed by atoms with Crippen molar-refractivity contribution in [2.24, 2.45) is 5.41 Å². The van der Waals surface area contributed by atoms with Crippen LogP contribution >= 0.6 is 0 Å². The molecular formula is C25H24F4N4O4. The number of anilines is 1. The molecule has 0 aliphatic carbocycles. The van der Waals surface area contributed by atoms with Gasteiger partial charge in [0.05, 0.1) is 30.4 Å². The number of nitrogens with zero attached hydrogens (tertiary/aromatic N) is 3. The van der Waals surface area contributed by atoms with Gasteiger partial charge >= 0.3 is 12.1 Å². The average molecular weight is 520 g/mol. The number of hydrogen-bond donors (Lipinski definition) is 2. The number of carbonyl (C=O) groups is 1. The molecule has 0 unspecified atom stereocenters. The summed E-state index contributed by atoms with van der Waals surface area (Å²) in [6.45, 7) is 4.37. The monoisotopic (exact) mass is 520 g/mol. The summed E-state index contributed by atoms with van der Waals surface area (Å²) in [5, 5.41) is 28.4. The van der Waals surface area contributed by atoms with Gasteiger partial charge in [-0.15, -0.1) is 0 Å². The molecule has 8 nitrogen and oxygen atoms in total. The lowest BCUT2D eigenvalue weighted by atomic mass is 9.83. The van der Waals surface area contributed by atoms with Crippen LogP contribution in [0.4, 0.5) is 23.2 Å². The lowest BCUT2D eigenvalue weighted by Gasteiger charge is -2.46. The molecule has 0 amide bonds. The Morgan fingerprint density at radius 2 is 1.73 bits per heavy atom. The fourth-order valence-corrected chi connectivity index (χ4v) is 3.75. The molecule has 2 saturated heterocycles. The molecule has 0 bridgehead atoms. The summed E-state index contributed by atoms with van der Waals surface area (Å²) < 4.78 is 57.7. The van der Waals surface area contributed by atoms with Crippen molar-refractivity contribution in [3.63, 3.8) is 0 Å². The zero-order valence-electron chi connectivity index (χ0n) is 19.6. The van der Waals surface area contributed by atoms with Crippen LogP contribution in [0.25, 0.3) is 0 Å². The smallest absolute Gasteiger partial charge is 0.475 e. The minimum atomic E-state index is -5.08. The van der Waals surface area contributed by atoms with E-state index in [2.05, 4.69) is 16.3 Å². The van der Waals surface area contributed by atoms with E-state index in [1.165, 1.54) is 12.1 Å². The highest BCUT2D eigenvalue weighted by Gasteiger charge is 2.42. The molecule has 0 radical (unpaired) electrons. The lowest BCUT2D eigenvalue weighted by molar-refractivity contribution is -0.239. The molecule has 12 heteroatoms. The maximum absolute atomic E-state index is 14.1. The molecular weight excluding hydrogens is 496 g/mol. The largest absolute Gasteiger partial charge is 0.490 e. The van der Waals surface area contributed by atoms with Gasteiger partial charge in [-0.1, -0.05) is 6.07 Å². The van der Waals surface area contributed by atoms with Crippen LogP contribution in [0.3, 0.4) is 0 Å². The Balaban J connectivity index is 0.000000479. The third-order valence-electron chi connectivity index (χ3n) is 5.92. The van der Waals surface area contributed by atoms with Crippen molar-refractivity contribution < 1.29 is 36.9 Å². The van der Waals surface area contributed by atoms with Crippen molar-refractivity contribution in [1.82, 2.24) is 5.32 Å². The highest BCUT2D eigenvalue weighted by molar-refractivity contribution is 5.73. The minimum Gasteiger partial charge on any atom is -0.475 e. The summed E-state index contributed by atoms with van der Waals surface area (Å²) in [5.74, 6) is -3.28. The Labute approximate surface area is 210 Å². The first-order chi connectivity index (χ1) is 17.5. The fraction of sp³-hybridized carbons (Fsp3) is 0.400. The normalized spacial score (nSPS) is 16.5. The number of halogens is 4. The van der Waals surface area contributed by atoms with Gasteiger partial charge in [-0.2, -0.15) is 23.7 Å². The fourth-order valence-electron chi connectivity index (χ4n) is 3.75. The van der Waals surface area contributed by atoms with Gasteiger partial charge in [-0.3, -0.25) is 0 Å². The van der Waals surface area contributed by atoms with Crippen LogP contribution in [0.2, 0.25) is 0 Å². The molecule has 2 heterocycles. The third-order valence-corrected chi connectivity index (χ3v) is 5.92. The number of aliphatic carboxylic acids is 1. The molecule has 37 heavy (non-hydrogen) atoms. The number of alkyl halides is 3. The number of nitriles is 2. The number of ether oxygens (including phenoxy) is 2. The molecule has 196 valence electrons. The van der Waals surface area contributed by atoms with Gasteiger partial charge < -0.3 is 24.8 Å². The molecule has 0 aromatic heterocycles. The molecule has 2 aliphatic rings. The Bertz CT molecular complexity index is 1160. The van der Waals surface area contributed by atoms with E-state index >= 15 is 0 Å². The molecule has 4 rings (SSSR count). The van der Waals surface area contributed by atoms with Crippen LogP contribution in [0.5, 0.6) is 0 Å². The third kappa shape index (κ3) is 7.64. The van der Waals surface area contributed by atoms with E-state index < -0.39 is 18.0 Å². The van der Waals surface area contributed by atoms with Crippen LogP contribution in [0.15, 0.2) is 42.5 Å². The van der Waals surface area contributed by atoms with Gasteiger partial charge in [-0.05, 0) is 42.0 Å². The quantitative estimate of drug-likeness (QED) is 0.555. The van der Waals surface area contributed by atoms with Gasteiger partial charge in [-0.25, -0.2) is 9.18 Å². The number of benzene rings is 2.